The maximum Gasteiger partial charge on any atom is 0.262 e. The summed E-state index contributed by atoms with van der Waals surface area (Å²) >= 11 is 0. The van der Waals surface area contributed by atoms with Gasteiger partial charge in [-0.15, -0.1) is 0 Å². The van der Waals surface area contributed by atoms with E-state index in [1.165, 1.54) is 5.56 Å². The van der Waals surface area contributed by atoms with E-state index in [9.17, 15) is 4.79 Å². The van der Waals surface area contributed by atoms with Gasteiger partial charge in [0.2, 0.25) is 0 Å². The number of amides is 1. The third-order valence-electron chi connectivity index (χ3n) is 5.78. The summed E-state index contributed by atoms with van der Waals surface area (Å²) < 4.78 is 0. The van der Waals surface area contributed by atoms with Gasteiger partial charge in [0.25, 0.3) is 5.91 Å². The van der Waals surface area contributed by atoms with Crippen LogP contribution in [0.2, 0.25) is 0 Å². The van der Waals surface area contributed by atoms with Gasteiger partial charge in [-0.05, 0) is 43.0 Å². The highest BCUT2D eigenvalue weighted by Gasteiger charge is 2.30. The molecule has 2 aliphatic heterocycles. The van der Waals surface area contributed by atoms with Crippen molar-refractivity contribution in [2.75, 3.05) is 29.4 Å². The number of nitrogens with zero attached hydrogens (tertiary/aromatic N) is 4. The highest BCUT2D eigenvalue weighted by molar-refractivity contribution is 6.10. The number of aromatic amines is 1. The Kier molecular flexibility index (Phi) is 4.31. The molecule has 0 radical (unpaired) electrons. The fourth-order valence-electron chi connectivity index (χ4n) is 4.40. The molecule has 6 heteroatoms. The number of benzene rings is 1. The minimum absolute atomic E-state index is 0.0353. The number of hydrogen-bond acceptors (Lipinski definition) is 4. The Labute approximate surface area is 164 Å². The number of imidazole rings is 1. The largest absolute Gasteiger partial charge is 0.355 e. The molecule has 5 rings (SSSR count). The van der Waals surface area contributed by atoms with Gasteiger partial charge in [-0.3, -0.25) is 4.79 Å². The first-order valence-electron chi connectivity index (χ1n) is 9.90. The summed E-state index contributed by atoms with van der Waals surface area (Å²) in [5, 5.41) is 0. The molecule has 142 valence electrons. The molecule has 0 spiro atoms. The van der Waals surface area contributed by atoms with Crippen LogP contribution in [0.15, 0.2) is 55.0 Å². The lowest BCUT2D eigenvalue weighted by Crippen LogP contribution is -2.38. The quantitative estimate of drug-likeness (QED) is 0.764. The standard InChI is InChI=1S/C22H23N5O/c28-22(27-14-9-16-5-1-2-8-19(16)27)18-7-3-10-25-21(18)26-13-4-6-17(15-26)20-23-11-12-24-20/h1-3,5,7-8,10-12,17H,4,6,9,13-15H2,(H,23,24). The number of anilines is 2. The topological polar surface area (TPSA) is 65.1 Å². The lowest BCUT2D eigenvalue weighted by molar-refractivity contribution is 0.0989. The average molecular weight is 373 g/mol. The van der Waals surface area contributed by atoms with E-state index < -0.39 is 0 Å². The van der Waals surface area contributed by atoms with E-state index in [0.717, 1.165) is 56.2 Å². The summed E-state index contributed by atoms with van der Waals surface area (Å²) in [6.45, 7) is 2.45. The van der Waals surface area contributed by atoms with Gasteiger partial charge in [0.05, 0.1) is 5.56 Å². The van der Waals surface area contributed by atoms with Crippen LogP contribution < -0.4 is 9.80 Å². The fourth-order valence-corrected chi connectivity index (χ4v) is 4.40. The average Bonchev–Trinajstić information content (AvgIpc) is 3.44. The van der Waals surface area contributed by atoms with E-state index in [1.54, 1.807) is 12.4 Å². The molecule has 0 aliphatic carbocycles. The van der Waals surface area contributed by atoms with E-state index in [4.69, 9.17) is 0 Å². The molecular formula is C22H23N5O. The van der Waals surface area contributed by atoms with Crippen molar-refractivity contribution in [1.29, 1.82) is 0 Å². The molecule has 1 N–H and O–H groups in total. The molecule has 0 bridgehead atoms. The van der Waals surface area contributed by atoms with Crippen molar-refractivity contribution in [1.82, 2.24) is 15.0 Å². The summed E-state index contributed by atoms with van der Waals surface area (Å²) in [4.78, 5) is 29.8. The van der Waals surface area contributed by atoms with Crippen LogP contribution in [-0.4, -0.2) is 40.5 Å². The number of fused-ring (bicyclic) bond motifs is 1. The van der Waals surface area contributed by atoms with Crippen molar-refractivity contribution < 1.29 is 4.79 Å². The summed E-state index contributed by atoms with van der Waals surface area (Å²) in [5.74, 6) is 2.17. The zero-order chi connectivity index (χ0) is 18.9. The number of rotatable bonds is 3. The van der Waals surface area contributed by atoms with E-state index in [1.807, 2.05) is 41.4 Å². The lowest BCUT2D eigenvalue weighted by Gasteiger charge is -2.34. The third kappa shape index (κ3) is 2.95. The minimum atomic E-state index is 0.0353. The Morgan fingerprint density at radius 3 is 2.89 bits per heavy atom. The predicted molar refractivity (Wildman–Crippen MR) is 109 cm³/mol. The molecule has 1 fully saturated rings. The van der Waals surface area contributed by atoms with Gasteiger partial charge < -0.3 is 14.8 Å². The van der Waals surface area contributed by atoms with Crippen LogP contribution >= 0.6 is 0 Å². The second-order valence-corrected chi connectivity index (χ2v) is 7.47. The molecule has 3 aromatic rings. The molecule has 1 aromatic carbocycles. The zero-order valence-electron chi connectivity index (χ0n) is 15.7. The first-order chi connectivity index (χ1) is 13.8. The number of nitrogens with one attached hydrogen (secondary N) is 1. The van der Waals surface area contributed by atoms with Gasteiger partial charge in [-0.1, -0.05) is 18.2 Å². The van der Waals surface area contributed by atoms with E-state index in [0.29, 0.717) is 11.5 Å². The monoisotopic (exact) mass is 373 g/mol. The van der Waals surface area contributed by atoms with Crippen LogP contribution in [0.1, 0.15) is 40.5 Å². The number of hydrogen-bond donors (Lipinski definition) is 1. The molecule has 28 heavy (non-hydrogen) atoms. The summed E-state index contributed by atoms with van der Waals surface area (Å²) in [5.41, 5.74) is 2.94. The molecule has 2 aliphatic rings. The van der Waals surface area contributed by atoms with Crippen molar-refractivity contribution in [3.05, 3.63) is 71.9 Å². The Hall–Kier alpha value is -3.15. The van der Waals surface area contributed by atoms with E-state index >= 15 is 0 Å². The number of para-hydroxylation sites is 1. The van der Waals surface area contributed by atoms with E-state index in [-0.39, 0.29) is 5.91 Å². The summed E-state index contributed by atoms with van der Waals surface area (Å²) in [6, 6.07) is 11.9. The van der Waals surface area contributed by atoms with Crippen molar-refractivity contribution in [2.24, 2.45) is 0 Å². The van der Waals surface area contributed by atoms with Crippen LogP contribution in [0.5, 0.6) is 0 Å². The van der Waals surface area contributed by atoms with Gasteiger partial charge in [-0.25, -0.2) is 9.97 Å². The summed E-state index contributed by atoms with van der Waals surface area (Å²) in [6.07, 6.45) is 8.51. The molecule has 0 saturated carbocycles. The molecule has 4 heterocycles. The molecule has 1 amide bonds. The van der Waals surface area contributed by atoms with Crippen molar-refractivity contribution in [3.8, 4) is 0 Å². The highest BCUT2D eigenvalue weighted by Crippen LogP contribution is 2.33. The van der Waals surface area contributed by atoms with Crippen LogP contribution in [0, 0.1) is 0 Å². The van der Waals surface area contributed by atoms with Gasteiger partial charge in [0.15, 0.2) is 0 Å². The van der Waals surface area contributed by atoms with Gasteiger partial charge in [0, 0.05) is 49.8 Å². The smallest absolute Gasteiger partial charge is 0.262 e. The minimum Gasteiger partial charge on any atom is -0.355 e. The van der Waals surface area contributed by atoms with Crippen LogP contribution in [-0.2, 0) is 6.42 Å². The Bertz CT molecular complexity index is 984. The molecular weight excluding hydrogens is 350 g/mol. The maximum atomic E-state index is 13.4. The van der Waals surface area contributed by atoms with E-state index in [2.05, 4.69) is 25.9 Å². The Balaban J connectivity index is 1.44. The van der Waals surface area contributed by atoms with Crippen LogP contribution in [0.3, 0.4) is 0 Å². The highest BCUT2D eigenvalue weighted by atomic mass is 16.2. The number of H-pyrrole nitrogens is 1. The van der Waals surface area contributed by atoms with Crippen molar-refractivity contribution in [2.45, 2.75) is 25.2 Å². The number of aromatic nitrogens is 3. The first kappa shape index (κ1) is 17.0. The molecule has 1 unspecified atom stereocenters. The third-order valence-corrected chi connectivity index (χ3v) is 5.78. The molecule has 1 saturated heterocycles. The Morgan fingerprint density at radius 2 is 2.00 bits per heavy atom. The number of carbonyl (C=O) groups is 1. The first-order valence-corrected chi connectivity index (χ1v) is 9.90. The molecule has 1 atom stereocenters. The van der Waals surface area contributed by atoms with Crippen LogP contribution in [0.4, 0.5) is 11.5 Å². The Morgan fingerprint density at radius 1 is 1.07 bits per heavy atom. The number of carbonyl (C=O) groups excluding carboxylic acids is 1. The van der Waals surface area contributed by atoms with Gasteiger partial charge in [0.1, 0.15) is 11.6 Å². The zero-order valence-corrected chi connectivity index (χ0v) is 15.7. The second kappa shape index (κ2) is 7.11. The normalized spacial score (nSPS) is 18.9. The second-order valence-electron chi connectivity index (χ2n) is 7.47. The summed E-state index contributed by atoms with van der Waals surface area (Å²) in [7, 11) is 0. The SMILES string of the molecule is O=C(c1cccnc1N1CCCC(c2ncc[nH]2)C1)N1CCc2ccccc21. The maximum absolute atomic E-state index is 13.4. The molecule has 6 nitrogen and oxygen atoms in total. The molecule has 2 aromatic heterocycles. The van der Waals surface area contributed by atoms with Crippen molar-refractivity contribution in [3.63, 3.8) is 0 Å². The predicted octanol–water partition coefficient (Wildman–Crippen LogP) is 3.39. The van der Waals surface area contributed by atoms with Crippen molar-refractivity contribution >= 4 is 17.4 Å². The van der Waals surface area contributed by atoms with Crippen LogP contribution in [0.25, 0.3) is 0 Å². The number of pyridine rings is 1. The van der Waals surface area contributed by atoms with Gasteiger partial charge in [-0.2, -0.15) is 0 Å². The lowest BCUT2D eigenvalue weighted by atomic mass is 9.97. The van der Waals surface area contributed by atoms with Gasteiger partial charge >= 0.3 is 0 Å². The fraction of sp³-hybridized carbons (Fsp3) is 0.318. The number of piperidine rings is 1.